The molecule has 2 fully saturated rings. The summed E-state index contributed by atoms with van der Waals surface area (Å²) in [6.07, 6.45) is 8.01. The standard InChI is InChI=1S/C23H37N3O3/c1-17(2)25-14-12-19(13-15-25)26(18-8-6-5-7-9-18)23(27)24-21-11-10-20(28-3)16-22(21)29-4/h10-11,16-19H,5-9,12-15H2,1-4H3,(H,24,27). The van der Waals surface area contributed by atoms with Crippen molar-refractivity contribution < 1.29 is 14.3 Å². The lowest BCUT2D eigenvalue weighted by molar-refractivity contribution is 0.0773. The molecule has 3 rings (SSSR count). The molecule has 0 radical (unpaired) electrons. The predicted octanol–water partition coefficient (Wildman–Crippen LogP) is 4.74. The van der Waals surface area contributed by atoms with Gasteiger partial charge in [0.25, 0.3) is 0 Å². The number of ether oxygens (including phenoxy) is 2. The average Bonchev–Trinajstić information content (AvgIpc) is 2.75. The van der Waals surface area contributed by atoms with Gasteiger partial charge >= 0.3 is 6.03 Å². The number of likely N-dealkylation sites (tertiary alicyclic amines) is 1. The molecule has 29 heavy (non-hydrogen) atoms. The summed E-state index contributed by atoms with van der Waals surface area (Å²) < 4.78 is 10.8. The Kier molecular flexibility index (Phi) is 7.64. The van der Waals surface area contributed by atoms with Crippen LogP contribution in [-0.4, -0.2) is 61.3 Å². The minimum Gasteiger partial charge on any atom is -0.497 e. The number of methoxy groups -OCH3 is 2. The van der Waals surface area contributed by atoms with E-state index in [4.69, 9.17) is 9.47 Å². The van der Waals surface area contributed by atoms with E-state index in [0.717, 1.165) is 38.8 Å². The van der Waals surface area contributed by atoms with Gasteiger partial charge in [-0.15, -0.1) is 0 Å². The molecule has 162 valence electrons. The molecule has 0 aromatic heterocycles. The topological polar surface area (TPSA) is 54.0 Å². The van der Waals surface area contributed by atoms with Crippen molar-refractivity contribution in [1.29, 1.82) is 0 Å². The molecule has 1 heterocycles. The second kappa shape index (κ2) is 10.2. The van der Waals surface area contributed by atoms with Crippen molar-refractivity contribution in [3.8, 4) is 11.5 Å². The first-order chi connectivity index (χ1) is 14.0. The Bertz CT molecular complexity index is 665. The summed E-state index contributed by atoms with van der Waals surface area (Å²) in [7, 11) is 3.24. The number of rotatable bonds is 6. The molecule has 2 aliphatic rings. The monoisotopic (exact) mass is 403 g/mol. The molecule has 6 heteroatoms. The second-order valence-corrected chi connectivity index (χ2v) is 8.56. The lowest BCUT2D eigenvalue weighted by Gasteiger charge is -2.44. The molecule has 1 saturated heterocycles. The third kappa shape index (κ3) is 5.35. The van der Waals surface area contributed by atoms with Crippen LogP contribution in [0.4, 0.5) is 10.5 Å². The van der Waals surface area contributed by atoms with Crippen LogP contribution in [0.15, 0.2) is 18.2 Å². The van der Waals surface area contributed by atoms with Crippen molar-refractivity contribution >= 4 is 11.7 Å². The van der Waals surface area contributed by atoms with Gasteiger partial charge in [-0.3, -0.25) is 0 Å². The predicted molar refractivity (Wildman–Crippen MR) is 117 cm³/mol. The minimum absolute atomic E-state index is 0.00311. The highest BCUT2D eigenvalue weighted by atomic mass is 16.5. The van der Waals surface area contributed by atoms with Crippen LogP contribution in [0.1, 0.15) is 58.8 Å². The van der Waals surface area contributed by atoms with E-state index in [-0.39, 0.29) is 6.03 Å². The SMILES string of the molecule is COc1ccc(NC(=O)N(C2CCCCC2)C2CCN(C(C)C)CC2)c(OC)c1. The fourth-order valence-corrected chi connectivity index (χ4v) is 4.75. The normalized spacial score (nSPS) is 19.2. The summed E-state index contributed by atoms with van der Waals surface area (Å²) in [5.74, 6) is 1.33. The highest BCUT2D eigenvalue weighted by molar-refractivity contribution is 5.91. The molecule has 1 N–H and O–H groups in total. The lowest BCUT2D eigenvalue weighted by Crippen LogP contribution is -2.54. The summed E-state index contributed by atoms with van der Waals surface area (Å²) in [6, 6.07) is 6.72. The van der Waals surface area contributed by atoms with Gasteiger partial charge in [-0.1, -0.05) is 19.3 Å². The van der Waals surface area contributed by atoms with E-state index in [1.54, 1.807) is 14.2 Å². The van der Waals surface area contributed by atoms with Crippen LogP contribution in [0, 0.1) is 0 Å². The smallest absolute Gasteiger partial charge is 0.322 e. The average molecular weight is 404 g/mol. The van der Waals surface area contributed by atoms with Crippen molar-refractivity contribution in [3.05, 3.63) is 18.2 Å². The van der Waals surface area contributed by atoms with Gasteiger partial charge in [0, 0.05) is 37.3 Å². The second-order valence-electron chi connectivity index (χ2n) is 8.56. The number of anilines is 1. The number of hydrogen-bond acceptors (Lipinski definition) is 4. The molecule has 1 aromatic carbocycles. The van der Waals surface area contributed by atoms with Crippen molar-refractivity contribution in [2.45, 2.75) is 76.9 Å². The van der Waals surface area contributed by atoms with Crippen LogP contribution in [0.2, 0.25) is 0 Å². The van der Waals surface area contributed by atoms with Crippen LogP contribution in [0.3, 0.4) is 0 Å². The van der Waals surface area contributed by atoms with Gasteiger partial charge in [-0.2, -0.15) is 0 Å². The number of carbonyl (C=O) groups is 1. The van der Waals surface area contributed by atoms with Crippen molar-refractivity contribution in [2.75, 3.05) is 32.6 Å². The van der Waals surface area contributed by atoms with Crippen LogP contribution >= 0.6 is 0 Å². The number of urea groups is 1. The number of nitrogens with zero attached hydrogens (tertiary/aromatic N) is 2. The van der Waals surface area contributed by atoms with E-state index in [0.29, 0.717) is 35.3 Å². The summed E-state index contributed by atoms with van der Waals surface area (Å²) >= 11 is 0. The quantitative estimate of drug-likeness (QED) is 0.745. The number of carbonyl (C=O) groups excluding carboxylic acids is 1. The van der Waals surface area contributed by atoms with E-state index in [2.05, 4.69) is 29.0 Å². The van der Waals surface area contributed by atoms with Crippen LogP contribution < -0.4 is 14.8 Å². The van der Waals surface area contributed by atoms with Crippen molar-refractivity contribution in [1.82, 2.24) is 9.80 Å². The molecule has 0 spiro atoms. The molecule has 0 bridgehead atoms. The van der Waals surface area contributed by atoms with Crippen LogP contribution in [0.5, 0.6) is 11.5 Å². The first-order valence-corrected chi connectivity index (χ1v) is 11.1. The lowest BCUT2D eigenvalue weighted by atomic mass is 9.91. The van der Waals surface area contributed by atoms with Crippen molar-refractivity contribution in [3.63, 3.8) is 0 Å². The zero-order valence-electron chi connectivity index (χ0n) is 18.4. The van der Waals surface area contributed by atoms with Gasteiger partial charge in [0.05, 0.1) is 19.9 Å². The molecular formula is C23H37N3O3. The molecule has 0 atom stereocenters. The minimum atomic E-state index is 0.00311. The fraction of sp³-hybridized carbons (Fsp3) is 0.696. The molecule has 1 aliphatic carbocycles. The van der Waals surface area contributed by atoms with Gasteiger partial charge in [-0.05, 0) is 51.7 Å². The summed E-state index contributed by atoms with van der Waals surface area (Å²) in [5, 5.41) is 3.13. The number of hydrogen-bond donors (Lipinski definition) is 1. The zero-order chi connectivity index (χ0) is 20.8. The van der Waals surface area contributed by atoms with Gasteiger partial charge < -0.3 is 24.6 Å². The molecular weight excluding hydrogens is 366 g/mol. The van der Waals surface area contributed by atoms with Gasteiger partial charge in [0.15, 0.2) is 0 Å². The summed E-state index contributed by atoms with van der Waals surface area (Å²) in [4.78, 5) is 18.1. The van der Waals surface area contributed by atoms with Crippen LogP contribution in [0.25, 0.3) is 0 Å². The molecule has 1 aliphatic heterocycles. The van der Waals surface area contributed by atoms with Gasteiger partial charge in [-0.25, -0.2) is 4.79 Å². The Morgan fingerprint density at radius 2 is 1.69 bits per heavy atom. The highest BCUT2D eigenvalue weighted by Crippen LogP contribution is 2.32. The maximum Gasteiger partial charge on any atom is 0.322 e. The third-order valence-corrected chi connectivity index (χ3v) is 6.48. The Hall–Kier alpha value is -1.95. The highest BCUT2D eigenvalue weighted by Gasteiger charge is 2.34. The van der Waals surface area contributed by atoms with Crippen LogP contribution in [-0.2, 0) is 0 Å². The number of piperidine rings is 1. The summed E-state index contributed by atoms with van der Waals surface area (Å²) in [5.41, 5.74) is 0.693. The van der Waals surface area contributed by atoms with Crippen molar-refractivity contribution in [2.24, 2.45) is 0 Å². The third-order valence-electron chi connectivity index (χ3n) is 6.48. The van der Waals surface area contributed by atoms with Gasteiger partial charge in [0.2, 0.25) is 0 Å². The molecule has 1 saturated carbocycles. The van der Waals surface area contributed by atoms with Gasteiger partial charge in [0.1, 0.15) is 11.5 Å². The molecule has 6 nitrogen and oxygen atoms in total. The first-order valence-electron chi connectivity index (χ1n) is 11.1. The zero-order valence-corrected chi connectivity index (χ0v) is 18.4. The molecule has 2 amide bonds. The number of benzene rings is 1. The molecule has 0 unspecified atom stereocenters. The number of nitrogens with one attached hydrogen (secondary N) is 1. The fourth-order valence-electron chi connectivity index (χ4n) is 4.75. The number of amides is 2. The van der Waals surface area contributed by atoms with E-state index in [1.807, 2.05) is 18.2 Å². The Morgan fingerprint density at radius 3 is 2.28 bits per heavy atom. The maximum atomic E-state index is 13.5. The maximum absolute atomic E-state index is 13.5. The largest absolute Gasteiger partial charge is 0.497 e. The first kappa shape index (κ1) is 21.8. The Labute approximate surface area is 175 Å². The van der Waals surface area contributed by atoms with E-state index < -0.39 is 0 Å². The van der Waals surface area contributed by atoms with E-state index in [9.17, 15) is 4.79 Å². The van der Waals surface area contributed by atoms with E-state index >= 15 is 0 Å². The Morgan fingerprint density at radius 1 is 1.03 bits per heavy atom. The summed E-state index contributed by atoms with van der Waals surface area (Å²) in [6.45, 7) is 6.62. The molecule has 1 aromatic rings. The Balaban J connectivity index is 1.76. The van der Waals surface area contributed by atoms with E-state index in [1.165, 1.54) is 19.3 Å².